The molecule has 0 saturated heterocycles. The van der Waals surface area contributed by atoms with E-state index in [1.165, 1.54) is 29.1 Å². The summed E-state index contributed by atoms with van der Waals surface area (Å²) in [5.41, 5.74) is 0.642. The zero-order valence-electron chi connectivity index (χ0n) is 11.9. The Morgan fingerprint density at radius 3 is 2.36 bits per heavy atom. The van der Waals surface area contributed by atoms with Crippen LogP contribution < -0.4 is 0 Å². The predicted molar refractivity (Wildman–Crippen MR) is 74.9 cm³/mol. The van der Waals surface area contributed by atoms with Crippen LogP contribution in [0.15, 0.2) is 36.5 Å². The fraction of sp³-hybridized carbons (Fsp3) is 0.200. The molecule has 0 unspecified atom stereocenters. The van der Waals surface area contributed by atoms with Crippen LogP contribution in [0.5, 0.6) is 0 Å². The van der Waals surface area contributed by atoms with Crippen LogP contribution in [0.1, 0.15) is 44.5 Å². The van der Waals surface area contributed by atoms with Gasteiger partial charge in [0.15, 0.2) is 0 Å². The van der Waals surface area contributed by atoms with Crippen LogP contribution in [0.2, 0.25) is 0 Å². The van der Waals surface area contributed by atoms with E-state index < -0.39 is 17.8 Å². The van der Waals surface area contributed by atoms with Crippen molar-refractivity contribution in [1.82, 2.24) is 14.8 Å². The molecule has 0 atom stereocenters. The normalized spacial score (nSPS) is 13.4. The van der Waals surface area contributed by atoms with Crippen molar-refractivity contribution in [3.05, 3.63) is 53.3 Å². The van der Waals surface area contributed by atoms with Gasteiger partial charge in [-0.2, -0.15) is 5.10 Å². The average molecular weight is 299 g/mol. The molecule has 2 heterocycles. The molecule has 112 valence electrons. The number of imide groups is 1. The van der Waals surface area contributed by atoms with E-state index in [-0.39, 0.29) is 16.8 Å². The molecule has 1 aliphatic rings. The molecule has 0 spiro atoms. The third-order valence-corrected chi connectivity index (χ3v) is 3.29. The maximum absolute atomic E-state index is 12.2. The highest BCUT2D eigenvalue weighted by Gasteiger charge is 2.39. The second-order valence-electron chi connectivity index (χ2n) is 4.77. The third kappa shape index (κ3) is 2.16. The number of benzene rings is 1. The summed E-state index contributed by atoms with van der Waals surface area (Å²) in [5.74, 6) is -2.08. The lowest BCUT2D eigenvalue weighted by atomic mass is 10.1. The van der Waals surface area contributed by atoms with Gasteiger partial charge in [-0.1, -0.05) is 24.1 Å². The van der Waals surface area contributed by atoms with E-state index in [0.717, 1.165) is 6.42 Å². The first-order chi connectivity index (χ1) is 10.6. The van der Waals surface area contributed by atoms with E-state index in [9.17, 15) is 14.4 Å². The SMILES string of the molecule is CCCn1nccc1C(=O)ON1C(=O)c2ccccc2C1=O. The van der Waals surface area contributed by atoms with Crippen molar-refractivity contribution >= 4 is 17.8 Å². The number of hydrogen-bond donors (Lipinski definition) is 0. The number of aryl methyl sites for hydroxylation is 1. The number of amides is 2. The Balaban J connectivity index is 1.82. The van der Waals surface area contributed by atoms with Gasteiger partial charge < -0.3 is 4.84 Å². The maximum atomic E-state index is 12.2. The largest absolute Gasteiger partial charge is 0.381 e. The highest BCUT2D eigenvalue weighted by molar-refractivity contribution is 6.21. The molecule has 1 aromatic heterocycles. The Bertz CT molecular complexity index is 731. The third-order valence-electron chi connectivity index (χ3n) is 3.29. The summed E-state index contributed by atoms with van der Waals surface area (Å²) in [6, 6.07) is 7.81. The first-order valence-corrected chi connectivity index (χ1v) is 6.85. The number of carbonyl (C=O) groups excluding carboxylic acids is 3. The number of aromatic nitrogens is 2. The van der Waals surface area contributed by atoms with Crippen molar-refractivity contribution in [3.8, 4) is 0 Å². The lowest BCUT2D eigenvalue weighted by molar-refractivity contribution is -0.0592. The standard InChI is InChI=1S/C15H13N3O4/c1-2-9-17-12(7-8-16-17)15(21)22-18-13(19)10-5-3-4-6-11(10)14(18)20/h3-8H,2,9H2,1H3. The quantitative estimate of drug-likeness (QED) is 0.802. The van der Waals surface area contributed by atoms with E-state index in [1.807, 2.05) is 6.92 Å². The first kappa shape index (κ1) is 14.0. The summed E-state index contributed by atoms with van der Waals surface area (Å²) in [6.07, 6.45) is 2.25. The Morgan fingerprint density at radius 1 is 1.14 bits per heavy atom. The van der Waals surface area contributed by atoms with Gasteiger partial charge in [0.1, 0.15) is 5.69 Å². The van der Waals surface area contributed by atoms with Gasteiger partial charge in [-0.3, -0.25) is 14.3 Å². The summed E-state index contributed by atoms with van der Waals surface area (Å²) >= 11 is 0. The first-order valence-electron chi connectivity index (χ1n) is 6.85. The van der Waals surface area contributed by atoms with Crippen molar-refractivity contribution in [2.75, 3.05) is 0 Å². The molecule has 0 aliphatic carbocycles. The average Bonchev–Trinajstić information content (AvgIpc) is 3.07. The zero-order chi connectivity index (χ0) is 15.7. The lowest BCUT2D eigenvalue weighted by Crippen LogP contribution is -2.33. The molecule has 0 radical (unpaired) electrons. The van der Waals surface area contributed by atoms with Gasteiger partial charge in [0.2, 0.25) is 0 Å². The number of fused-ring (bicyclic) bond motifs is 1. The van der Waals surface area contributed by atoms with Crippen LogP contribution in [0.3, 0.4) is 0 Å². The summed E-state index contributed by atoms with van der Waals surface area (Å²) < 4.78 is 1.47. The molecule has 3 rings (SSSR count). The second-order valence-corrected chi connectivity index (χ2v) is 4.77. The van der Waals surface area contributed by atoms with Gasteiger partial charge in [0, 0.05) is 12.7 Å². The van der Waals surface area contributed by atoms with Crippen LogP contribution >= 0.6 is 0 Å². The van der Waals surface area contributed by atoms with Crippen molar-refractivity contribution in [1.29, 1.82) is 0 Å². The molecule has 2 aromatic rings. The number of hydroxylamine groups is 2. The molecule has 0 saturated carbocycles. The van der Waals surface area contributed by atoms with Gasteiger partial charge >= 0.3 is 5.97 Å². The molecule has 1 aromatic carbocycles. The highest BCUT2D eigenvalue weighted by Crippen LogP contribution is 2.23. The number of nitrogens with zero attached hydrogens (tertiary/aromatic N) is 3. The van der Waals surface area contributed by atoms with Crippen molar-refractivity contribution < 1.29 is 19.2 Å². The minimum atomic E-state index is -0.791. The molecule has 2 amide bonds. The second kappa shape index (κ2) is 5.44. The molecule has 0 N–H and O–H groups in total. The molecular weight excluding hydrogens is 286 g/mol. The van der Waals surface area contributed by atoms with Gasteiger partial charge in [-0.15, -0.1) is 0 Å². The predicted octanol–water partition coefficient (Wildman–Crippen LogP) is 1.66. The molecule has 0 bridgehead atoms. The summed E-state index contributed by atoms with van der Waals surface area (Å²) in [5, 5.41) is 4.50. The Kier molecular flexibility index (Phi) is 3.46. The lowest BCUT2D eigenvalue weighted by Gasteiger charge is -2.13. The summed E-state index contributed by atoms with van der Waals surface area (Å²) in [6.45, 7) is 2.49. The van der Waals surface area contributed by atoms with Gasteiger partial charge in [-0.05, 0) is 24.6 Å². The fourth-order valence-corrected chi connectivity index (χ4v) is 2.28. The summed E-state index contributed by atoms with van der Waals surface area (Å²) in [7, 11) is 0. The number of carbonyl (C=O) groups is 3. The molecule has 1 aliphatic heterocycles. The van der Waals surface area contributed by atoms with Crippen LogP contribution in [-0.4, -0.2) is 32.6 Å². The van der Waals surface area contributed by atoms with Crippen LogP contribution in [0, 0.1) is 0 Å². The molecular formula is C15H13N3O4. The van der Waals surface area contributed by atoms with Crippen molar-refractivity contribution in [2.45, 2.75) is 19.9 Å². The minimum Gasteiger partial charge on any atom is -0.323 e. The number of hydrogen-bond acceptors (Lipinski definition) is 5. The zero-order valence-corrected chi connectivity index (χ0v) is 11.9. The van der Waals surface area contributed by atoms with Crippen LogP contribution in [0.25, 0.3) is 0 Å². The van der Waals surface area contributed by atoms with Crippen molar-refractivity contribution in [2.24, 2.45) is 0 Å². The topological polar surface area (TPSA) is 81.5 Å². The van der Waals surface area contributed by atoms with E-state index >= 15 is 0 Å². The maximum Gasteiger partial charge on any atom is 0.381 e. The number of rotatable bonds is 4. The molecule has 0 fully saturated rings. The van der Waals surface area contributed by atoms with E-state index in [0.29, 0.717) is 11.6 Å². The van der Waals surface area contributed by atoms with Gasteiger partial charge in [0.05, 0.1) is 11.1 Å². The van der Waals surface area contributed by atoms with E-state index in [4.69, 9.17) is 4.84 Å². The molecule has 22 heavy (non-hydrogen) atoms. The van der Waals surface area contributed by atoms with Gasteiger partial charge in [-0.25, -0.2) is 4.79 Å². The van der Waals surface area contributed by atoms with Gasteiger partial charge in [0.25, 0.3) is 11.8 Å². The Morgan fingerprint density at radius 2 is 1.77 bits per heavy atom. The molecule has 7 heteroatoms. The molecule has 7 nitrogen and oxygen atoms in total. The minimum absolute atomic E-state index is 0.193. The smallest absolute Gasteiger partial charge is 0.323 e. The van der Waals surface area contributed by atoms with Crippen molar-refractivity contribution in [3.63, 3.8) is 0 Å². The van der Waals surface area contributed by atoms with E-state index in [2.05, 4.69) is 5.10 Å². The fourth-order valence-electron chi connectivity index (χ4n) is 2.28. The monoisotopic (exact) mass is 299 g/mol. The summed E-state index contributed by atoms with van der Waals surface area (Å²) in [4.78, 5) is 41.4. The highest BCUT2D eigenvalue weighted by atomic mass is 16.7. The van der Waals surface area contributed by atoms with Crippen LogP contribution in [0.4, 0.5) is 0 Å². The Labute approximate surface area is 126 Å². The van der Waals surface area contributed by atoms with E-state index in [1.54, 1.807) is 12.1 Å². The van der Waals surface area contributed by atoms with Crippen LogP contribution in [-0.2, 0) is 11.4 Å². The Hall–Kier alpha value is -2.96.